The molecule has 29 heavy (non-hydrogen) atoms. The van der Waals surface area contributed by atoms with Gasteiger partial charge in [0.25, 0.3) is 5.69 Å². The van der Waals surface area contributed by atoms with E-state index in [-0.39, 0.29) is 18.1 Å². The molecule has 0 radical (unpaired) electrons. The highest BCUT2D eigenvalue weighted by atomic mass is 35.5. The van der Waals surface area contributed by atoms with Crippen molar-refractivity contribution in [1.29, 1.82) is 0 Å². The van der Waals surface area contributed by atoms with Gasteiger partial charge >= 0.3 is 0 Å². The van der Waals surface area contributed by atoms with Crippen molar-refractivity contribution in [3.63, 3.8) is 0 Å². The molecule has 0 amide bonds. The molecule has 1 aliphatic rings. The molecular weight excluding hydrogens is 411 g/mol. The number of non-ortho nitro benzene ring substituents is 1. The van der Waals surface area contributed by atoms with Crippen LogP contribution in [0.25, 0.3) is 23.1 Å². The van der Waals surface area contributed by atoms with Crippen LogP contribution in [0.5, 0.6) is 0 Å². The summed E-state index contributed by atoms with van der Waals surface area (Å²) in [6.45, 7) is 1.97. The van der Waals surface area contributed by atoms with Gasteiger partial charge < -0.3 is 4.90 Å². The summed E-state index contributed by atoms with van der Waals surface area (Å²) < 4.78 is 0. The van der Waals surface area contributed by atoms with Crippen LogP contribution in [-0.2, 0) is 0 Å². The highest BCUT2D eigenvalue weighted by molar-refractivity contribution is 6.31. The predicted octanol–water partition coefficient (Wildman–Crippen LogP) is 5.77. The third-order valence-corrected chi connectivity index (χ3v) is 5.08. The molecule has 0 atom stereocenters. The van der Waals surface area contributed by atoms with Crippen molar-refractivity contribution >= 4 is 58.6 Å². The number of rotatable bonds is 4. The third-order valence-electron chi connectivity index (χ3n) is 4.84. The van der Waals surface area contributed by atoms with E-state index in [0.29, 0.717) is 10.8 Å². The van der Waals surface area contributed by atoms with Gasteiger partial charge in [-0.05, 0) is 61.2 Å². The van der Waals surface area contributed by atoms with Gasteiger partial charge in [-0.3, -0.25) is 10.1 Å². The molecular formula is C21H20Cl2N4O2. The number of nitro groups is 1. The summed E-state index contributed by atoms with van der Waals surface area (Å²) in [7, 11) is 0. The van der Waals surface area contributed by atoms with E-state index in [1.807, 2.05) is 30.4 Å². The first-order valence-electron chi connectivity index (χ1n) is 9.25. The van der Waals surface area contributed by atoms with Gasteiger partial charge in [0.05, 0.1) is 10.4 Å². The first-order chi connectivity index (χ1) is 13.6. The number of hydrogen-bond acceptors (Lipinski definition) is 5. The lowest BCUT2D eigenvalue weighted by molar-refractivity contribution is -0.384. The Kier molecular flexibility index (Phi) is 6.67. The fourth-order valence-corrected chi connectivity index (χ4v) is 3.57. The Labute approximate surface area is 179 Å². The van der Waals surface area contributed by atoms with E-state index in [0.717, 1.165) is 48.2 Å². The van der Waals surface area contributed by atoms with Gasteiger partial charge in [0.15, 0.2) is 5.82 Å². The predicted molar refractivity (Wildman–Crippen MR) is 120 cm³/mol. The number of aromatic nitrogens is 2. The van der Waals surface area contributed by atoms with Crippen molar-refractivity contribution in [1.82, 2.24) is 9.97 Å². The van der Waals surface area contributed by atoms with Gasteiger partial charge in [0.2, 0.25) is 0 Å². The van der Waals surface area contributed by atoms with Gasteiger partial charge in [-0.25, -0.2) is 9.97 Å². The fraction of sp³-hybridized carbons (Fsp3) is 0.238. The fourth-order valence-electron chi connectivity index (χ4n) is 3.40. The quantitative estimate of drug-likeness (QED) is 0.387. The largest absolute Gasteiger partial charge is 0.356 e. The minimum atomic E-state index is -0.408. The molecule has 0 saturated carbocycles. The minimum absolute atomic E-state index is 0. The molecule has 2 aromatic carbocycles. The Morgan fingerprint density at radius 1 is 1.00 bits per heavy atom. The number of hydrogen-bond donors (Lipinski definition) is 0. The average molecular weight is 431 g/mol. The lowest BCUT2D eigenvalue weighted by atomic mass is 10.1. The Morgan fingerprint density at radius 3 is 2.41 bits per heavy atom. The summed E-state index contributed by atoms with van der Waals surface area (Å²) in [4.78, 5) is 22.1. The lowest BCUT2D eigenvalue weighted by Gasteiger charge is -2.28. The first-order valence-corrected chi connectivity index (χ1v) is 9.63. The van der Waals surface area contributed by atoms with Gasteiger partial charge in [-0.15, -0.1) is 12.4 Å². The summed E-state index contributed by atoms with van der Waals surface area (Å²) in [5.74, 6) is 1.53. The van der Waals surface area contributed by atoms with E-state index >= 15 is 0 Å². The van der Waals surface area contributed by atoms with Crippen LogP contribution >= 0.6 is 24.0 Å². The molecule has 3 aromatic rings. The SMILES string of the molecule is Cl.O=[N+]([O-])c1ccc(C=Cc2nc(N3CCCCC3)c3ccc(Cl)cc3n2)cc1. The maximum absolute atomic E-state index is 10.8. The number of fused-ring (bicyclic) bond motifs is 1. The second kappa shape index (κ2) is 9.20. The van der Waals surface area contributed by atoms with E-state index in [9.17, 15) is 10.1 Å². The van der Waals surface area contributed by atoms with Crippen LogP contribution in [-0.4, -0.2) is 28.0 Å². The standard InChI is InChI=1S/C21H19ClN4O2.ClH/c22-16-7-10-18-19(14-16)23-20(24-21(18)25-12-2-1-3-13-25)11-6-15-4-8-17(9-5-15)26(27)28;/h4-11,14H,1-3,12-13H2;1H. The Balaban J connectivity index is 0.00000240. The Bertz CT molecular complexity index is 1050. The van der Waals surface area contributed by atoms with Crippen molar-refractivity contribution in [2.24, 2.45) is 0 Å². The molecule has 0 unspecified atom stereocenters. The van der Waals surface area contributed by atoms with Crippen LogP contribution in [0.2, 0.25) is 5.02 Å². The van der Waals surface area contributed by atoms with Crippen molar-refractivity contribution in [2.75, 3.05) is 18.0 Å². The van der Waals surface area contributed by atoms with Gasteiger partial charge in [0, 0.05) is 35.6 Å². The number of benzene rings is 2. The smallest absolute Gasteiger partial charge is 0.269 e. The molecule has 6 nitrogen and oxygen atoms in total. The van der Waals surface area contributed by atoms with E-state index in [1.54, 1.807) is 12.1 Å². The van der Waals surface area contributed by atoms with Crippen molar-refractivity contribution < 1.29 is 4.92 Å². The highest BCUT2D eigenvalue weighted by Gasteiger charge is 2.16. The Morgan fingerprint density at radius 2 is 1.72 bits per heavy atom. The number of anilines is 1. The molecule has 0 spiro atoms. The summed E-state index contributed by atoms with van der Waals surface area (Å²) in [5, 5.41) is 12.4. The van der Waals surface area contributed by atoms with Gasteiger partial charge in [-0.1, -0.05) is 17.7 Å². The molecule has 1 aromatic heterocycles. The summed E-state index contributed by atoms with van der Waals surface area (Å²) in [6.07, 6.45) is 7.25. The molecule has 8 heteroatoms. The maximum atomic E-state index is 10.8. The van der Waals surface area contributed by atoms with Crippen LogP contribution in [0, 0.1) is 10.1 Å². The first kappa shape index (κ1) is 21.0. The monoisotopic (exact) mass is 430 g/mol. The zero-order valence-corrected chi connectivity index (χ0v) is 17.2. The van der Waals surface area contributed by atoms with Crippen molar-refractivity contribution in [3.8, 4) is 0 Å². The topological polar surface area (TPSA) is 72.2 Å². The molecule has 1 fully saturated rings. The molecule has 0 N–H and O–H groups in total. The second-order valence-corrected chi connectivity index (χ2v) is 7.23. The summed E-state index contributed by atoms with van der Waals surface area (Å²) in [5.41, 5.74) is 1.73. The van der Waals surface area contributed by atoms with Crippen LogP contribution < -0.4 is 4.90 Å². The van der Waals surface area contributed by atoms with Crippen molar-refractivity contribution in [2.45, 2.75) is 19.3 Å². The molecule has 1 saturated heterocycles. The molecule has 4 rings (SSSR count). The number of halogens is 2. The zero-order chi connectivity index (χ0) is 19.5. The molecule has 0 aliphatic carbocycles. The van der Waals surface area contributed by atoms with E-state index in [1.165, 1.54) is 18.6 Å². The average Bonchev–Trinajstić information content (AvgIpc) is 2.72. The lowest BCUT2D eigenvalue weighted by Crippen LogP contribution is -2.30. The van der Waals surface area contributed by atoms with Crippen LogP contribution in [0.15, 0.2) is 42.5 Å². The van der Waals surface area contributed by atoms with E-state index < -0.39 is 4.92 Å². The van der Waals surface area contributed by atoms with Crippen LogP contribution in [0.1, 0.15) is 30.7 Å². The van der Waals surface area contributed by atoms with E-state index in [2.05, 4.69) is 9.88 Å². The normalized spacial score (nSPS) is 14.2. The van der Waals surface area contributed by atoms with E-state index in [4.69, 9.17) is 16.6 Å². The second-order valence-electron chi connectivity index (χ2n) is 6.80. The van der Waals surface area contributed by atoms with Gasteiger partial charge in [0.1, 0.15) is 5.82 Å². The minimum Gasteiger partial charge on any atom is -0.356 e. The number of nitrogens with zero attached hydrogens (tertiary/aromatic N) is 4. The Hall–Kier alpha value is -2.70. The summed E-state index contributed by atoms with van der Waals surface area (Å²) >= 11 is 6.18. The molecule has 1 aliphatic heterocycles. The number of piperidine rings is 1. The molecule has 0 bridgehead atoms. The third kappa shape index (κ3) is 4.83. The number of nitro benzene ring substituents is 1. The van der Waals surface area contributed by atoms with Gasteiger partial charge in [-0.2, -0.15) is 0 Å². The molecule has 2 heterocycles. The zero-order valence-electron chi connectivity index (χ0n) is 15.6. The van der Waals surface area contributed by atoms with Crippen LogP contribution in [0.4, 0.5) is 11.5 Å². The summed E-state index contributed by atoms with van der Waals surface area (Å²) in [6, 6.07) is 12.1. The molecule has 150 valence electrons. The highest BCUT2D eigenvalue weighted by Crippen LogP contribution is 2.29. The van der Waals surface area contributed by atoms with Crippen LogP contribution in [0.3, 0.4) is 0 Å². The maximum Gasteiger partial charge on any atom is 0.269 e. The van der Waals surface area contributed by atoms with Crippen molar-refractivity contribution in [3.05, 3.63) is 69.0 Å².